The van der Waals surface area contributed by atoms with Gasteiger partial charge in [-0.3, -0.25) is 4.57 Å². The highest BCUT2D eigenvalue weighted by Crippen LogP contribution is 2.47. The van der Waals surface area contributed by atoms with E-state index in [1.165, 1.54) is 39.0 Å². The van der Waals surface area contributed by atoms with Crippen LogP contribution >= 0.6 is 0 Å². The van der Waals surface area contributed by atoms with Gasteiger partial charge in [0, 0.05) is 52.6 Å². The van der Waals surface area contributed by atoms with Crippen molar-refractivity contribution < 1.29 is 4.74 Å². The van der Waals surface area contributed by atoms with E-state index in [0.717, 1.165) is 46.1 Å². The summed E-state index contributed by atoms with van der Waals surface area (Å²) in [5, 5.41) is 2.39. The summed E-state index contributed by atoms with van der Waals surface area (Å²) >= 11 is 0. The van der Waals surface area contributed by atoms with E-state index in [4.69, 9.17) is 9.72 Å². The minimum absolute atomic E-state index is 0.00659. The number of hydrogen-bond donors (Lipinski definition) is 0. The minimum Gasteiger partial charge on any atom is -0.457 e. The van der Waals surface area contributed by atoms with Gasteiger partial charge in [-0.15, -0.1) is 0 Å². The molecule has 2 aromatic heterocycles. The third-order valence-electron chi connectivity index (χ3n) is 10.5. The maximum Gasteiger partial charge on any atom is 0.137 e. The Morgan fingerprint density at radius 1 is 0.673 bits per heavy atom. The number of aromatic nitrogens is 2. The SMILES string of the molecule is Cc1c(Oc2cccc(N3CC(C)N(c4ccccc4C(C)(C)C)c4ccccc43)c2)ccc2c3ccccc3n(-c3cc(C(C)(C)C)ccn3)c12. The van der Waals surface area contributed by atoms with Crippen LogP contribution in [0.5, 0.6) is 11.5 Å². The third kappa shape index (κ3) is 5.78. The Hall–Kier alpha value is -5.55. The summed E-state index contributed by atoms with van der Waals surface area (Å²) in [5.41, 5.74) is 10.7. The molecule has 0 saturated heterocycles. The van der Waals surface area contributed by atoms with E-state index >= 15 is 0 Å². The molecule has 3 heterocycles. The van der Waals surface area contributed by atoms with E-state index in [2.05, 4.69) is 191 Å². The molecule has 5 nitrogen and oxygen atoms in total. The molecule has 52 heavy (non-hydrogen) atoms. The highest BCUT2D eigenvalue weighted by molar-refractivity contribution is 6.10. The van der Waals surface area contributed by atoms with Gasteiger partial charge in [0.1, 0.15) is 17.3 Å². The summed E-state index contributed by atoms with van der Waals surface area (Å²) < 4.78 is 9.10. The first-order valence-electron chi connectivity index (χ1n) is 18.4. The average molecular weight is 685 g/mol. The lowest BCUT2D eigenvalue weighted by molar-refractivity contribution is 0.479. The van der Waals surface area contributed by atoms with Crippen LogP contribution in [0.25, 0.3) is 27.6 Å². The van der Waals surface area contributed by atoms with Gasteiger partial charge in [-0.2, -0.15) is 0 Å². The predicted octanol–water partition coefficient (Wildman–Crippen LogP) is 12.6. The number of nitrogens with zero attached hydrogens (tertiary/aromatic N) is 4. The standard InChI is InChI=1S/C47H48N4O/c1-31-30-49(41-22-13-14-23-42(41)50(31)40-21-12-10-19-38(40)47(6,7)8)34-16-15-17-35(29-34)52-43-25-24-37-36-18-9-11-20-39(36)51(45(37)32(43)2)44-28-33(26-27-48-44)46(3,4)5/h9-29,31H,30H2,1-8H3. The molecule has 0 spiro atoms. The second-order valence-corrected chi connectivity index (χ2v) is 16.3. The van der Waals surface area contributed by atoms with Crippen molar-refractivity contribution in [1.82, 2.24) is 9.55 Å². The molecule has 8 rings (SSSR count). The largest absolute Gasteiger partial charge is 0.457 e. The van der Waals surface area contributed by atoms with Crippen molar-refractivity contribution in [3.63, 3.8) is 0 Å². The molecule has 0 amide bonds. The summed E-state index contributed by atoms with van der Waals surface area (Å²) in [4.78, 5) is 9.85. The summed E-state index contributed by atoms with van der Waals surface area (Å²) in [5.74, 6) is 2.55. The van der Waals surface area contributed by atoms with E-state index in [-0.39, 0.29) is 16.9 Å². The van der Waals surface area contributed by atoms with Gasteiger partial charge >= 0.3 is 0 Å². The van der Waals surface area contributed by atoms with Crippen LogP contribution in [0.1, 0.15) is 65.2 Å². The first-order chi connectivity index (χ1) is 24.9. The number of benzene rings is 5. The molecule has 5 heteroatoms. The molecule has 1 aliphatic heterocycles. The highest BCUT2D eigenvalue weighted by atomic mass is 16.5. The van der Waals surface area contributed by atoms with E-state index in [1.54, 1.807) is 0 Å². The maximum atomic E-state index is 6.80. The van der Waals surface area contributed by atoms with E-state index < -0.39 is 0 Å². The molecule has 1 aliphatic rings. The lowest BCUT2D eigenvalue weighted by atomic mass is 9.85. The van der Waals surface area contributed by atoms with Crippen LogP contribution in [0.3, 0.4) is 0 Å². The molecule has 0 radical (unpaired) electrons. The Morgan fingerprint density at radius 3 is 2.15 bits per heavy atom. The molecule has 0 fully saturated rings. The van der Waals surface area contributed by atoms with E-state index in [0.29, 0.717) is 0 Å². The number of ether oxygens (including phenoxy) is 1. The van der Waals surface area contributed by atoms with Crippen molar-refractivity contribution in [2.45, 2.75) is 72.3 Å². The summed E-state index contributed by atoms with van der Waals surface area (Å²) in [6.07, 6.45) is 1.93. The fraction of sp³-hybridized carbons (Fsp3) is 0.255. The zero-order valence-corrected chi connectivity index (χ0v) is 31.6. The molecule has 262 valence electrons. The number of fused-ring (bicyclic) bond motifs is 4. The monoisotopic (exact) mass is 684 g/mol. The van der Waals surface area contributed by atoms with Crippen LogP contribution in [-0.2, 0) is 10.8 Å². The topological polar surface area (TPSA) is 33.5 Å². The van der Waals surface area contributed by atoms with Crippen molar-refractivity contribution >= 4 is 44.6 Å². The van der Waals surface area contributed by atoms with Gasteiger partial charge in [0.05, 0.1) is 22.4 Å². The van der Waals surface area contributed by atoms with Gasteiger partial charge < -0.3 is 14.5 Å². The number of hydrogen-bond acceptors (Lipinski definition) is 4. The fourth-order valence-electron chi connectivity index (χ4n) is 7.91. The molecule has 5 aromatic carbocycles. The molecular formula is C47H48N4O. The van der Waals surface area contributed by atoms with Crippen molar-refractivity contribution in [2.24, 2.45) is 0 Å². The first-order valence-corrected chi connectivity index (χ1v) is 18.4. The minimum atomic E-state index is 0.00659. The van der Waals surface area contributed by atoms with Crippen molar-refractivity contribution in [2.75, 3.05) is 16.3 Å². The first kappa shape index (κ1) is 33.6. The smallest absolute Gasteiger partial charge is 0.137 e. The molecule has 0 aliphatic carbocycles. The second-order valence-electron chi connectivity index (χ2n) is 16.3. The quantitative estimate of drug-likeness (QED) is 0.181. The fourth-order valence-corrected chi connectivity index (χ4v) is 7.91. The normalized spacial score (nSPS) is 15.0. The molecular weight excluding hydrogens is 637 g/mol. The van der Waals surface area contributed by atoms with Gasteiger partial charge in [0.2, 0.25) is 0 Å². The van der Waals surface area contributed by atoms with E-state index in [1.807, 2.05) is 6.20 Å². The number of anilines is 4. The third-order valence-corrected chi connectivity index (χ3v) is 10.5. The average Bonchev–Trinajstić information content (AvgIpc) is 3.47. The van der Waals surface area contributed by atoms with Crippen LogP contribution in [0, 0.1) is 6.92 Å². The van der Waals surface area contributed by atoms with Gasteiger partial charge in [-0.25, -0.2) is 4.98 Å². The lowest BCUT2D eigenvalue weighted by Crippen LogP contribution is -2.44. The van der Waals surface area contributed by atoms with Crippen LogP contribution < -0.4 is 14.5 Å². The lowest BCUT2D eigenvalue weighted by Gasteiger charge is -2.45. The molecule has 0 N–H and O–H groups in total. The van der Waals surface area contributed by atoms with Gasteiger partial charge in [-0.05, 0) is 96.5 Å². The Morgan fingerprint density at radius 2 is 1.38 bits per heavy atom. The van der Waals surface area contributed by atoms with Crippen LogP contribution in [0.2, 0.25) is 0 Å². The predicted molar refractivity (Wildman–Crippen MR) is 219 cm³/mol. The maximum absolute atomic E-state index is 6.80. The Bertz CT molecular complexity index is 2440. The summed E-state index contributed by atoms with van der Waals surface area (Å²) in [6.45, 7) is 19.0. The number of pyridine rings is 1. The van der Waals surface area contributed by atoms with Crippen molar-refractivity contribution in [3.8, 4) is 17.3 Å². The Labute approximate surface area is 308 Å². The second kappa shape index (κ2) is 12.6. The number of aryl methyl sites for hydroxylation is 1. The number of rotatable bonds is 5. The summed E-state index contributed by atoms with van der Waals surface area (Å²) in [6, 6.07) is 43.7. The molecule has 1 atom stereocenters. The van der Waals surface area contributed by atoms with E-state index in [9.17, 15) is 0 Å². The Balaban J connectivity index is 1.18. The highest BCUT2D eigenvalue weighted by Gasteiger charge is 2.33. The summed E-state index contributed by atoms with van der Waals surface area (Å²) in [7, 11) is 0. The zero-order chi connectivity index (χ0) is 36.4. The molecule has 7 aromatic rings. The van der Waals surface area contributed by atoms with Crippen molar-refractivity contribution in [1.29, 1.82) is 0 Å². The number of para-hydroxylation sites is 4. The van der Waals surface area contributed by atoms with Crippen molar-refractivity contribution in [3.05, 3.63) is 144 Å². The molecule has 0 bridgehead atoms. The Kier molecular flexibility index (Phi) is 8.13. The van der Waals surface area contributed by atoms with Crippen LogP contribution in [0.15, 0.2) is 128 Å². The zero-order valence-electron chi connectivity index (χ0n) is 31.6. The van der Waals surface area contributed by atoms with Crippen LogP contribution in [0.4, 0.5) is 22.7 Å². The van der Waals surface area contributed by atoms with Gasteiger partial charge in [0.25, 0.3) is 0 Å². The van der Waals surface area contributed by atoms with Gasteiger partial charge in [0.15, 0.2) is 0 Å². The molecule has 1 unspecified atom stereocenters. The van der Waals surface area contributed by atoms with Gasteiger partial charge in [-0.1, -0.05) is 96.1 Å². The molecule has 0 saturated carbocycles. The van der Waals surface area contributed by atoms with Crippen LogP contribution in [-0.4, -0.2) is 22.1 Å².